The zero-order valence-corrected chi connectivity index (χ0v) is 22.7. The highest BCUT2D eigenvalue weighted by Crippen LogP contribution is 2.38. The summed E-state index contributed by atoms with van der Waals surface area (Å²) < 4.78 is 7.10. The summed E-state index contributed by atoms with van der Waals surface area (Å²) in [6.45, 7) is 8.46. The Labute approximate surface area is 227 Å². The molecule has 5 N–H and O–H groups in total. The summed E-state index contributed by atoms with van der Waals surface area (Å²) in [5.41, 5.74) is 2.88. The maximum absolute atomic E-state index is 13.2. The number of hydrogen-bond acceptors (Lipinski definition) is 9. The van der Waals surface area contributed by atoms with Crippen molar-refractivity contribution in [3.05, 3.63) is 53.3 Å². The van der Waals surface area contributed by atoms with Crippen LogP contribution in [0.15, 0.2) is 36.4 Å². The molecule has 1 aromatic heterocycles. The Morgan fingerprint density at radius 1 is 1.11 bits per heavy atom. The number of amides is 1. The molecule has 0 radical (unpaired) electrons. The summed E-state index contributed by atoms with van der Waals surface area (Å²) >= 11 is 1.28. The van der Waals surface area contributed by atoms with Crippen LogP contribution in [0.5, 0.6) is 11.5 Å². The van der Waals surface area contributed by atoms with Crippen LogP contribution < -0.4 is 10.5 Å². The lowest BCUT2D eigenvalue weighted by molar-refractivity contribution is 0.0342. The van der Waals surface area contributed by atoms with E-state index in [0.717, 1.165) is 57.0 Å². The summed E-state index contributed by atoms with van der Waals surface area (Å²) in [6.07, 6.45) is 1.69. The van der Waals surface area contributed by atoms with E-state index in [1.807, 2.05) is 38.1 Å². The number of hydrogen-bond donors (Lipinski definition) is 4. The number of carbonyl (C=O) groups excluding carboxylic acids is 1. The van der Waals surface area contributed by atoms with Crippen molar-refractivity contribution in [1.29, 1.82) is 0 Å². The van der Waals surface area contributed by atoms with E-state index in [1.165, 1.54) is 18.0 Å². The fraction of sp³-hybridized carbons (Fsp3) is 0.444. The van der Waals surface area contributed by atoms with E-state index in [0.29, 0.717) is 29.2 Å². The normalized spacial score (nSPS) is 14.2. The number of carbonyl (C=O) groups is 1. The van der Waals surface area contributed by atoms with E-state index in [-0.39, 0.29) is 29.1 Å². The first-order valence-electron chi connectivity index (χ1n) is 12.9. The van der Waals surface area contributed by atoms with Gasteiger partial charge in [-0.15, -0.1) is 10.2 Å². The zero-order valence-electron chi connectivity index (χ0n) is 21.9. The zero-order chi connectivity index (χ0) is 27.1. The van der Waals surface area contributed by atoms with Crippen molar-refractivity contribution >= 4 is 17.9 Å². The van der Waals surface area contributed by atoms with Gasteiger partial charge in [0.05, 0.1) is 18.8 Å². The third-order valence-corrected chi connectivity index (χ3v) is 7.08. The molecule has 1 amide bonds. The lowest BCUT2D eigenvalue weighted by Crippen LogP contribution is -2.35. The van der Waals surface area contributed by atoms with Gasteiger partial charge in [-0.05, 0) is 48.1 Å². The van der Waals surface area contributed by atoms with Crippen LogP contribution >= 0.6 is 11.9 Å². The van der Waals surface area contributed by atoms with Crippen LogP contribution in [0.25, 0.3) is 17.1 Å². The third-order valence-electron chi connectivity index (χ3n) is 6.55. The Morgan fingerprint density at radius 2 is 1.84 bits per heavy atom. The summed E-state index contributed by atoms with van der Waals surface area (Å²) in [4.78, 5) is 15.5. The lowest BCUT2D eigenvalue weighted by atomic mass is 9.98. The van der Waals surface area contributed by atoms with Crippen LogP contribution in [0.2, 0.25) is 0 Å². The smallest absolute Gasteiger partial charge is 0.289 e. The number of aromatic hydroxyl groups is 2. The molecular weight excluding hydrogens is 504 g/mol. The summed E-state index contributed by atoms with van der Waals surface area (Å²) in [5, 5.41) is 38.0. The minimum atomic E-state index is -0.358. The second-order valence-corrected chi connectivity index (χ2v) is 10.4. The molecule has 0 saturated carbocycles. The van der Waals surface area contributed by atoms with Crippen LogP contribution in [0, 0.1) is 0 Å². The predicted octanol–water partition coefficient (Wildman–Crippen LogP) is 3.42. The number of morpholine rings is 1. The van der Waals surface area contributed by atoms with Gasteiger partial charge in [0.25, 0.3) is 5.91 Å². The summed E-state index contributed by atoms with van der Waals surface area (Å²) in [6, 6.07) is 10.9. The van der Waals surface area contributed by atoms with Crippen molar-refractivity contribution in [2.45, 2.75) is 39.2 Å². The Hall–Kier alpha value is -3.12. The van der Waals surface area contributed by atoms with E-state index in [9.17, 15) is 15.0 Å². The van der Waals surface area contributed by atoms with Crippen molar-refractivity contribution in [2.24, 2.45) is 5.14 Å². The molecule has 2 aromatic carbocycles. The van der Waals surface area contributed by atoms with E-state index in [1.54, 1.807) is 10.6 Å². The molecule has 38 heavy (non-hydrogen) atoms. The Bertz CT molecular complexity index is 1230. The molecule has 4 rings (SSSR count). The number of rotatable bonds is 11. The van der Waals surface area contributed by atoms with Gasteiger partial charge < -0.3 is 20.3 Å². The highest BCUT2D eigenvalue weighted by atomic mass is 32.2. The van der Waals surface area contributed by atoms with Crippen LogP contribution in [0.1, 0.15) is 54.4 Å². The Balaban J connectivity index is 1.68. The lowest BCUT2D eigenvalue weighted by Gasteiger charge is -2.26. The molecule has 204 valence electrons. The topological polar surface area (TPSA) is 139 Å². The third kappa shape index (κ3) is 6.65. The number of ether oxygens (including phenoxy) is 1. The second-order valence-electron chi connectivity index (χ2n) is 9.65. The van der Waals surface area contributed by atoms with Crippen LogP contribution in [0.3, 0.4) is 0 Å². The average Bonchev–Trinajstić information content (AvgIpc) is 3.34. The van der Waals surface area contributed by atoms with Gasteiger partial charge in [-0.25, -0.2) is 0 Å². The van der Waals surface area contributed by atoms with Crippen LogP contribution in [0.4, 0.5) is 0 Å². The Kier molecular flexibility index (Phi) is 9.62. The highest BCUT2D eigenvalue weighted by molar-refractivity contribution is 7.97. The molecule has 0 spiro atoms. The number of nitrogens with zero attached hydrogens (tertiary/aromatic N) is 4. The van der Waals surface area contributed by atoms with Crippen molar-refractivity contribution in [3.8, 4) is 28.6 Å². The van der Waals surface area contributed by atoms with Gasteiger partial charge in [-0.1, -0.05) is 37.9 Å². The molecule has 10 nitrogen and oxygen atoms in total. The Morgan fingerprint density at radius 3 is 2.53 bits per heavy atom. The molecule has 0 bridgehead atoms. The van der Waals surface area contributed by atoms with E-state index >= 15 is 0 Å². The molecule has 11 heteroatoms. The molecule has 0 unspecified atom stereocenters. The van der Waals surface area contributed by atoms with Crippen molar-refractivity contribution < 1.29 is 19.7 Å². The SMILES string of the molecule is CC(C)c1cc(-c2nnc(C(=O)NCCCCSN)n2-c2ccc(CN3CCOCC3)cc2)c(O)cc1O. The molecule has 0 aliphatic carbocycles. The van der Waals surface area contributed by atoms with Gasteiger partial charge in [0, 0.05) is 43.7 Å². The monoisotopic (exact) mass is 540 g/mol. The van der Waals surface area contributed by atoms with Gasteiger partial charge in [0.1, 0.15) is 11.5 Å². The minimum absolute atomic E-state index is 0.00777. The van der Waals surface area contributed by atoms with Crippen molar-refractivity contribution in [2.75, 3.05) is 38.6 Å². The van der Waals surface area contributed by atoms with Crippen molar-refractivity contribution in [1.82, 2.24) is 25.0 Å². The molecule has 1 aliphatic rings. The minimum Gasteiger partial charge on any atom is -0.508 e. The maximum atomic E-state index is 13.2. The number of nitrogens with two attached hydrogens (primary N) is 1. The van der Waals surface area contributed by atoms with Crippen LogP contribution in [-0.2, 0) is 11.3 Å². The largest absolute Gasteiger partial charge is 0.508 e. The first-order valence-corrected chi connectivity index (χ1v) is 13.9. The van der Waals surface area contributed by atoms with Gasteiger partial charge in [-0.3, -0.25) is 19.4 Å². The highest BCUT2D eigenvalue weighted by Gasteiger charge is 2.24. The molecule has 1 aliphatic heterocycles. The second kappa shape index (κ2) is 13.1. The molecule has 3 aromatic rings. The van der Waals surface area contributed by atoms with Crippen LogP contribution in [-0.4, -0.2) is 74.4 Å². The van der Waals surface area contributed by atoms with Gasteiger partial charge in [-0.2, -0.15) is 0 Å². The first-order chi connectivity index (χ1) is 18.4. The fourth-order valence-electron chi connectivity index (χ4n) is 4.45. The van der Waals surface area contributed by atoms with E-state index < -0.39 is 0 Å². The molecule has 1 fully saturated rings. The van der Waals surface area contributed by atoms with Gasteiger partial charge in [0.2, 0.25) is 5.82 Å². The standard InChI is InChI=1S/C27H36N6O4S/c1-18(2)21-15-22(24(35)16-23(21)34)25-30-31-26(27(36)29-9-3-4-14-38-28)33(25)20-7-5-19(6-8-20)17-32-10-12-37-13-11-32/h5-8,15-16,18,34-35H,3-4,9-14,17,28H2,1-2H3,(H,29,36). The average molecular weight is 541 g/mol. The molecule has 1 saturated heterocycles. The summed E-state index contributed by atoms with van der Waals surface area (Å²) in [7, 11) is 0. The quantitative estimate of drug-likeness (QED) is 0.213. The van der Waals surface area contributed by atoms with Gasteiger partial charge in [0.15, 0.2) is 5.82 Å². The number of benzene rings is 2. The van der Waals surface area contributed by atoms with E-state index in [2.05, 4.69) is 20.4 Å². The number of unbranched alkanes of at least 4 members (excludes halogenated alkanes) is 1. The molecule has 2 heterocycles. The fourth-order valence-corrected chi connectivity index (χ4v) is 4.82. The first kappa shape index (κ1) is 27.9. The predicted molar refractivity (Wildman–Crippen MR) is 149 cm³/mol. The molecular formula is C27H36N6O4S. The number of nitrogens with one attached hydrogen (secondary N) is 1. The number of phenols is 2. The number of phenolic OH excluding ortho intramolecular Hbond substituents is 2. The summed E-state index contributed by atoms with van der Waals surface area (Å²) in [5.74, 6) is 0.779. The molecule has 0 atom stereocenters. The maximum Gasteiger partial charge on any atom is 0.289 e. The van der Waals surface area contributed by atoms with E-state index in [4.69, 9.17) is 9.88 Å². The van der Waals surface area contributed by atoms with Crippen molar-refractivity contribution in [3.63, 3.8) is 0 Å². The number of aromatic nitrogens is 3. The van der Waals surface area contributed by atoms with Gasteiger partial charge >= 0.3 is 0 Å².